The molecule has 1 aliphatic heterocycles. The van der Waals surface area contributed by atoms with Crippen LogP contribution in [0.25, 0.3) is 0 Å². The van der Waals surface area contributed by atoms with Crippen molar-refractivity contribution < 1.29 is 5.11 Å². The summed E-state index contributed by atoms with van der Waals surface area (Å²) in [5.41, 5.74) is 0. The number of nitrogens with zero attached hydrogens (tertiary/aromatic N) is 2. The molecule has 0 spiro atoms. The molecule has 1 aromatic heterocycles. The Balaban J connectivity index is 0.000000163. The van der Waals surface area contributed by atoms with E-state index >= 15 is 0 Å². The average molecular weight is 284 g/mol. The van der Waals surface area contributed by atoms with E-state index in [1.54, 1.807) is 0 Å². The Hall–Kier alpha value is -0.710. The molecule has 2 N–H and O–H groups in total. The first-order chi connectivity index (χ1) is 9.31. The van der Waals surface area contributed by atoms with Gasteiger partial charge in [0.05, 0.1) is 5.02 Å². The van der Waals surface area contributed by atoms with Crippen molar-refractivity contribution in [3.8, 4) is 0 Å². The van der Waals surface area contributed by atoms with E-state index in [-0.39, 0.29) is 0 Å². The summed E-state index contributed by atoms with van der Waals surface area (Å²) in [6, 6.07) is 0. The molecule has 2 aliphatic rings. The summed E-state index contributed by atoms with van der Waals surface area (Å²) in [5.74, 6) is 2.82. The number of aliphatic hydroxyl groups excluding tert-OH is 1. The molecule has 1 aromatic rings. The van der Waals surface area contributed by atoms with Crippen LogP contribution in [0, 0.1) is 17.8 Å². The Morgan fingerprint density at radius 1 is 1.26 bits per heavy atom. The minimum atomic E-state index is 0.395. The number of aliphatic hydroxyl groups is 1. The zero-order valence-corrected chi connectivity index (χ0v) is 11.9. The summed E-state index contributed by atoms with van der Waals surface area (Å²) in [4.78, 5) is 7.28. The first-order valence-corrected chi connectivity index (χ1v) is 7.41. The second kappa shape index (κ2) is 7.78. The third-order valence-electron chi connectivity index (χ3n) is 4.00. The molecule has 5 heteroatoms. The fourth-order valence-corrected chi connectivity index (χ4v) is 3.01. The largest absolute Gasteiger partial charge is 0.396 e. The van der Waals surface area contributed by atoms with Gasteiger partial charge in [-0.05, 0) is 56.5 Å². The van der Waals surface area contributed by atoms with Crippen LogP contribution in [-0.4, -0.2) is 34.8 Å². The van der Waals surface area contributed by atoms with Gasteiger partial charge in [-0.25, -0.2) is 9.97 Å². The van der Waals surface area contributed by atoms with Crippen molar-refractivity contribution >= 4 is 11.6 Å². The zero-order chi connectivity index (χ0) is 13.5. The SMILES string of the molecule is Clc1cncnc1.OCCC1CC1C1CCNCC1. The molecular weight excluding hydrogens is 262 g/mol. The van der Waals surface area contributed by atoms with Crippen LogP contribution < -0.4 is 5.32 Å². The van der Waals surface area contributed by atoms with Crippen LogP contribution in [0.1, 0.15) is 25.7 Å². The van der Waals surface area contributed by atoms with Crippen LogP contribution in [0.3, 0.4) is 0 Å². The Morgan fingerprint density at radius 2 is 1.95 bits per heavy atom. The molecule has 3 rings (SSSR count). The molecule has 1 saturated heterocycles. The highest BCUT2D eigenvalue weighted by molar-refractivity contribution is 6.30. The number of hydrogen-bond donors (Lipinski definition) is 2. The molecule has 1 aliphatic carbocycles. The average Bonchev–Trinajstić information content (AvgIpc) is 3.21. The van der Waals surface area contributed by atoms with E-state index in [0.29, 0.717) is 11.6 Å². The Kier molecular flexibility index (Phi) is 6.01. The number of piperidine rings is 1. The molecule has 0 radical (unpaired) electrons. The van der Waals surface area contributed by atoms with E-state index < -0.39 is 0 Å². The van der Waals surface area contributed by atoms with Gasteiger partial charge in [-0.15, -0.1) is 0 Å². The third-order valence-corrected chi connectivity index (χ3v) is 4.19. The lowest BCUT2D eigenvalue weighted by Crippen LogP contribution is -2.28. The minimum absolute atomic E-state index is 0.395. The van der Waals surface area contributed by atoms with Gasteiger partial charge >= 0.3 is 0 Å². The van der Waals surface area contributed by atoms with Gasteiger partial charge < -0.3 is 10.4 Å². The van der Waals surface area contributed by atoms with Gasteiger partial charge in [0, 0.05) is 19.0 Å². The van der Waals surface area contributed by atoms with Gasteiger partial charge in [0.25, 0.3) is 0 Å². The van der Waals surface area contributed by atoms with Crippen molar-refractivity contribution in [3.63, 3.8) is 0 Å². The molecule has 19 heavy (non-hydrogen) atoms. The van der Waals surface area contributed by atoms with E-state index in [9.17, 15) is 0 Å². The highest BCUT2D eigenvalue weighted by atomic mass is 35.5. The van der Waals surface area contributed by atoms with Crippen LogP contribution >= 0.6 is 11.6 Å². The maximum atomic E-state index is 8.78. The van der Waals surface area contributed by atoms with Gasteiger partial charge in [0.15, 0.2) is 0 Å². The van der Waals surface area contributed by atoms with Crippen molar-refractivity contribution in [2.45, 2.75) is 25.7 Å². The predicted octanol–water partition coefficient (Wildman–Crippen LogP) is 2.13. The van der Waals surface area contributed by atoms with Gasteiger partial charge in [-0.2, -0.15) is 0 Å². The first kappa shape index (κ1) is 14.7. The van der Waals surface area contributed by atoms with E-state index in [1.807, 2.05) is 0 Å². The minimum Gasteiger partial charge on any atom is -0.396 e. The second-order valence-corrected chi connectivity index (χ2v) is 5.75. The maximum absolute atomic E-state index is 8.78. The molecule has 2 unspecified atom stereocenters. The van der Waals surface area contributed by atoms with Crippen LogP contribution in [0.2, 0.25) is 5.02 Å². The highest BCUT2D eigenvalue weighted by Gasteiger charge is 2.41. The molecule has 2 fully saturated rings. The van der Waals surface area contributed by atoms with E-state index in [0.717, 1.165) is 24.2 Å². The number of rotatable bonds is 3. The molecule has 0 bridgehead atoms. The van der Waals surface area contributed by atoms with Crippen LogP contribution in [0.5, 0.6) is 0 Å². The van der Waals surface area contributed by atoms with Gasteiger partial charge in [0.1, 0.15) is 6.33 Å². The lowest BCUT2D eigenvalue weighted by atomic mass is 9.91. The van der Waals surface area contributed by atoms with Crippen LogP contribution in [0.15, 0.2) is 18.7 Å². The summed E-state index contributed by atoms with van der Waals surface area (Å²) in [6.07, 6.45) is 9.69. The standard InChI is InChI=1S/C10H19NO.C4H3ClN2/c12-6-3-9-7-10(9)8-1-4-11-5-2-8;5-4-1-6-3-7-2-4/h8-12H,1-7H2;1-3H. The fourth-order valence-electron chi connectivity index (χ4n) is 2.90. The van der Waals surface area contributed by atoms with Crippen molar-refractivity contribution in [1.29, 1.82) is 0 Å². The number of halogens is 1. The summed E-state index contributed by atoms with van der Waals surface area (Å²) in [5, 5.41) is 12.7. The normalized spacial score (nSPS) is 26.4. The van der Waals surface area contributed by atoms with Crippen molar-refractivity contribution in [3.05, 3.63) is 23.7 Å². The lowest BCUT2D eigenvalue weighted by Gasteiger charge is -2.22. The lowest BCUT2D eigenvalue weighted by molar-refractivity contribution is 0.263. The Labute approximate surface area is 119 Å². The Bertz CT molecular complexity index is 357. The van der Waals surface area contributed by atoms with E-state index in [4.69, 9.17) is 16.7 Å². The number of nitrogens with one attached hydrogen (secondary N) is 1. The molecule has 0 aromatic carbocycles. The van der Waals surface area contributed by atoms with Crippen molar-refractivity contribution in [2.24, 2.45) is 17.8 Å². The monoisotopic (exact) mass is 283 g/mol. The first-order valence-electron chi connectivity index (χ1n) is 7.03. The molecule has 4 nitrogen and oxygen atoms in total. The summed E-state index contributed by atoms with van der Waals surface area (Å²) in [7, 11) is 0. The maximum Gasteiger partial charge on any atom is 0.115 e. The molecule has 0 amide bonds. The zero-order valence-electron chi connectivity index (χ0n) is 11.1. The topological polar surface area (TPSA) is 58.0 Å². The summed E-state index contributed by atoms with van der Waals surface area (Å²) >= 11 is 5.41. The van der Waals surface area contributed by atoms with Crippen molar-refractivity contribution in [2.75, 3.05) is 19.7 Å². The summed E-state index contributed by atoms with van der Waals surface area (Å²) in [6.45, 7) is 2.83. The number of hydrogen-bond acceptors (Lipinski definition) is 4. The van der Waals surface area contributed by atoms with Crippen LogP contribution in [0.4, 0.5) is 0 Å². The van der Waals surface area contributed by atoms with E-state index in [2.05, 4.69) is 15.3 Å². The van der Waals surface area contributed by atoms with Gasteiger partial charge in [-0.3, -0.25) is 0 Å². The smallest absolute Gasteiger partial charge is 0.115 e. The third kappa shape index (κ3) is 5.05. The van der Waals surface area contributed by atoms with E-state index in [1.165, 1.54) is 51.1 Å². The fraction of sp³-hybridized carbons (Fsp3) is 0.714. The molecular formula is C14H22ClN3O. The molecule has 2 atom stereocenters. The highest BCUT2D eigenvalue weighted by Crippen LogP contribution is 2.48. The van der Waals surface area contributed by atoms with Gasteiger partial charge in [-0.1, -0.05) is 11.6 Å². The second-order valence-electron chi connectivity index (χ2n) is 5.32. The van der Waals surface area contributed by atoms with Crippen LogP contribution in [-0.2, 0) is 0 Å². The molecule has 2 heterocycles. The quantitative estimate of drug-likeness (QED) is 0.892. The molecule has 106 valence electrons. The van der Waals surface area contributed by atoms with Crippen molar-refractivity contribution in [1.82, 2.24) is 15.3 Å². The Morgan fingerprint density at radius 3 is 2.47 bits per heavy atom. The number of aromatic nitrogens is 2. The predicted molar refractivity (Wildman–Crippen MR) is 75.9 cm³/mol. The summed E-state index contributed by atoms with van der Waals surface area (Å²) < 4.78 is 0. The van der Waals surface area contributed by atoms with Gasteiger partial charge in [0.2, 0.25) is 0 Å². The molecule has 1 saturated carbocycles.